The Morgan fingerprint density at radius 1 is 1.15 bits per heavy atom. The predicted octanol–water partition coefficient (Wildman–Crippen LogP) is 4.60. The largest absolute Gasteiger partial charge is 0.465 e. The Kier molecular flexibility index (Phi) is 3.68. The van der Waals surface area contributed by atoms with Crippen molar-refractivity contribution in [2.45, 2.75) is 26.3 Å². The van der Waals surface area contributed by atoms with Gasteiger partial charge < -0.3 is 8.98 Å². The van der Waals surface area contributed by atoms with Gasteiger partial charge in [-0.1, -0.05) is 25.5 Å². The summed E-state index contributed by atoms with van der Waals surface area (Å²) in [7, 11) is 0. The van der Waals surface area contributed by atoms with Crippen LogP contribution in [0.2, 0.25) is 0 Å². The van der Waals surface area contributed by atoms with Crippen LogP contribution in [-0.2, 0) is 6.54 Å². The zero-order valence-corrected chi connectivity index (χ0v) is 11.6. The van der Waals surface area contributed by atoms with Gasteiger partial charge in [0.15, 0.2) is 0 Å². The number of aryl methyl sites for hydroxylation is 1. The van der Waals surface area contributed by atoms with Crippen molar-refractivity contribution in [3.8, 4) is 0 Å². The number of benzene rings is 1. The Hall–Kier alpha value is -2.29. The molecule has 0 N–H and O–H groups in total. The molecule has 0 fully saturated rings. The van der Waals surface area contributed by atoms with E-state index in [0.717, 1.165) is 30.1 Å². The van der Waals surface area contributed by atoms with E-state index in [9.17, 15) is 0 Å². The van der Waals surface area contributed by atoms with E-state index >= 15 is 0 Å². The van der Waals surface area contributed by atoms with Gasteiger partial charge in [0.1, 0.15) is 11.6 Å². The smallest absolute Gasteiger partial charge is 0.133 e. The van der Waals surface area contributed by atoms with Gasteiger partial charge in [-0.3, -0.25) is 0 Å². The summed E-state index contributed by atoms with van der Waals surface area (Å²) in [5.74, 6) is 1.83. The molecule has 2 heterocycles. The van der Waals surface area contributed by atoms with Crippen molar-refractivity contribution in [2.24, 2.45) is 0 Å². The molecule has 0 saturated carbocycles. The minimum atomic E-state index is 0.846. The summed E-state index contributed by atoms with van der Waals surface area (Å²) in [6.07, 6.45) is 7.99. The number of para-hydroxylation sites is 2. The summed E-state index contributed by atoms with van der Waals surface area (Å²) in [6.45, 7) is 3.20. The molecular weight excluding hydrogens is 248 g/mol. The summed E-state index contributed by atoms with van der Waals surface area (Å²) >= 11 is 0. The van der Waals surface area contributed by atoms with Gasteiger partial charge in [0.25, 0.3) is 0 Å². The first kappa shape index (κ1) is 12.7. The van der Waals surface area contributed by atoms with E-state index in [2.05, 4.69) is 29.7 Å². The van der Waals surface area contributed by atoms with Crippen molar-refractivity contribution in [3.05, 3.63) is 54.2 Å². The number of rotatable bonds is 5. The molecule has 20 heavy (non-hydrogen) atoms. The zero-order chi connectivity index (χ0) is 13.8. The van der Waals surface area contributed by atoms with Crippen LogP contribution in [0, 0.1) is 0 Å². The van der Waals surface area contributed by atoms with E-state index in [1.807, 2.05) is 30.4 Å². The second-order valence-electron chi connectivity index (χ2n) is 4.81. The first-order valence-electron chi connectivity index (χ1n) is 7.05. The monoisotopic (exact) mass is 266 g/mol. The molecule has 0 aliphatic rings. The van der Waals surface area contributed by atoms with Gasteiger partial charge in [0, 0.05) is 6.54 Å². The Morgan fingerprint density at radius 2 is 2.05 bits per heavy atom. The quantitative estimate of drug-likeness (QED) is 0.675. The zero-order valence-electron chi connectivity index (χ0n) is 11.6. The maximum Gasteiger partial charge on any atom is 0.133 e. The molecule has 0 unspecified atom stereocenters. The third kappa shape index (κ3) is 2.52. The van der Waals surface area contributed by atoms with Crippen molar-refractivity contribution < 1.29 is 4.42 Å². The Labute approximate surface area is 118 Å². The van der Waals surface area contributed by atoms with Crippen molar-refractivity contribution in [3.63, 3.8) is 0 Å². The summed E-state index contributed by atoms with van der Waals surface area (Å²) in [6, 6.07) is 12.1. The van der Waals surface area contributed by atoms with Gasteiger partial charge >= 0.3 is 0 Å². The first-order chi connectivity index (χ1) is 9.88. The van der Waals surface area contributed by atoms with Crippen LogP contribution in [0.15, 0.2) is 47.1 Å². The lowest BCUT2D eigenvalue weighted by molar-refractivity contribution is 0.557. The van der Waals surface area contributed by atoms with Crippen LogP contribution in [0.25, 0.3) is 23.2 Å². The molecule has 3 heteroatoms. The number of fused-ring (bicyclic) bond motifs is 1. The molecule has 0 spiro atoms. The highest BCUT2D eigenvalue weighted by atomic mass is 16.3. The maximum atomic E-state index is 5.33. The normalized spacial score (nSPS) is 11.7. The van der Waals surface area contributed by atoms with Crippen LogP contribution in [0.5, 0.6) is 0 Å². The van der Waals surface area contributed by atoms with Crippen LogP contribution in [0.3, 0.4) is 0 Å². The molecule has 102 valence electrons. The van der Waals surface area contributed by atoms with Gasteiger partial charge in [0.05, 0.1) is 17.3 Å². The lowest BCUT2D eigenvalue weighted by Gasteiger charge is -2.05. The molecule has 0 amide bonds. The van der Waals surface area contributed by atoms with Crippen LogP contribution in [0.4, 0.5) is 0 Å². The fourth-order valence-corrected chi connectivity index (χ4v) is 2.32. The number of hydrogen-bond donors (Lipinski definition) is 0. The van der Waals surface area contributed by atoms with Crippen LogP contribution >= 0.6 is 0 Å². The van der Waals surface area contributed by atoms with E-state index in [0.29, 0.717) is 0 Å². The fraction of sp³-hybridized carbons (Fsp3) is 0.235. The molecule has 0 aliphatic carbocycles. The topological polar surface area (TPSA) is 31.0 Å². The maximum absolute atomic E-state index is 5.33. The minimum absolute atomic E-state index is 0.846. The number of furan rings is 1. The summed E-state index contributed by atoms with van der Waals surface area (Å²) in [4.78, 5) is 4.70. The molecule has 1 aromatic carbocycles. The van der Waals surface area contributed by atoms with E-state index in [1.165, 1.54) is 11.9 Å². The molecule has 0 atom stereocenters. The van der Waals surface area contributed by atoms with Crippen molar-refractivity contribution in [1.29, 1.82) is 0 Å². The Bertz CT molecular complexity index is 708. The molecule has 0 radical (unpaired) electrons. The molecule has 0 saturated heterocycles. The highest BCUT2D eigenvalue weighted by Gasteiger charge is 2.07. The molecular formula is C17H18N2O. The predicted molar refractivity (Wildman–Crippen MR) is 82.3 cm³/mol. The van der Waals surface area contributed by atoms with E-state index in [1.54, 1.807) is 6.26 Å². The first-order valence-corrected chi connectivity index (χ1v) is 7.05. The number of imidazole rings is 1. The molecule has 0 bridgehead atoms. The lowest BCUT2D eigenvalue weighted by atomic mass is 10.3. The molecule has 0 aliphatic heterocycles. The lowest BCUT2D eigenvalue weighted by Crippen LogP contribution is -2.00. The van der Waals surface area contributed by atoms with Crippen molar-refractivity contribution >= 4 is 23.2 Å². The highest BCUT2D eigenvalue weighted by Crippen LogP contribution is 2.19. The third-order valence-corrected chi connectivity index (χ3v) is 3.36. The van der Waals surface area contributed by atoms with Crippen molar-refractivity contribution in [2.75, 3.05) is 0 Å². The van der Waals surface area contributed by atoms with Gasteiger partial charge in [-0.2, -0.15) is 0 Å². The van der Waals surface area contributed by atoms with Gasteiger partial charge in [-0.15, -0.1) is 0 Å². The summed E-state index contributed by atoms with van der Waals surface area (Å²) in [5.41, 5.74) is 2.24. The van der Waals surface area contributed by atoms with Gasteiger partial charge in [-0.25, -0.2) is 4.98 Å². The van der Waals surface area contributed by atoms with E-state index < -0.39 is 0 Å². The van der Waals surface area contributed by atoms with E-state index in [4.69, 9.17) is 9.40 Å². The van der Waals surface area contributed by atoms with Crippen LogP contribution in [0.1, 0.15) is 31.4 Å². The van der Waals surface area contributed by atoms with Crippen LogP contribution in [-0.4, -0.2) is 9.55 Å². The number of nitrogens with zero attached hydrogens (tertiary/aromatic N) is 2. The fourth-order valence-electron chi connectivity index (χ4n) is 2.32. The highest BCUT2D eigenvalue weighted by molar-refractivity contribution is 5.79. The average Bonchev–Trinajstić information content (AvgIpc) is 3.10. The SMILES string of the molecule is CCCCn1c(/C=C/c2ccco2)nc2ccccc21. The Balaban J connectivity index is 2.00. The van der Waals surface area contributed by atoms with Crippen LogP contribution < -0.4 is 0 Å². The molecule has 3 rings (SSSR count). The number of unbranched alkanes of at least 4 members (excludes halogenated alkanes) is 1. The second-order valence-corrected chi connectivity index (χ2v) is 4.81. The minimum Gasteiger partial charge on any atom is -0.465 e. The Morgan fingerprint density at radius 3 is 2.85 bits per heavy atom. The summed E-state index contributed by atoms with van der Waals surface area (Å²) in [5, 5.41) is 0. The van der Waals surface area contributed by atoms with Gasteiger partial charge in [0.2, 0.25) is 0 Å². The molecule has 2 aromatic heterocycles. The average molecular weight is 266 g/mol. The number of hydrogen-bond acceptors (Lipinski definition) is 2. The summed E-state index contributed by atoms with van der Waals surface area (Å²) < 4.78 is 7.60. The van der Waals surface area contributed by atoms with Crippen molar-refractivity contribution in [1.82, 2.24) is 9.55 Å². The standard InChI is InChI=1S/C17H18N2O/c1-2-3-12-19-16-9-5-4-8-15(16)18-17(19)11-10-14-7-6-13-20-14/h4-11,13H,2-3,12H2,1H3/b11-10+. The van der Waals surface area contributed by atoms with E-state index in [-0.39, 0.29) is 0 Å². The second kappa shape index (κ2) is 5.78. The number of aromatic nitrogens is 2. The molecule has 3 aromatic rings. The van der Waals surface area contributed by atoms with Gasteiger partial charge in [-0.05, 0) is 42.8 Å². The third-order valence-electron chi connectivity index (χ3n) is 3.36. The molecule has 3 nitrogen and oxygen atoms in total.